The zero-order valence-electron chi connectivity index (χ0n) is 22.3. The second kappa shape index (κ2) is 18.9. The van der Waals surface area contributed by atoms with Gasteiger partial charge in [-0.1, -0.05) is 18.9 Å². The minimum absolute atomic E-state index is 0. The molecule has 0 heterocycles. The van der Waals surface area contributed by atoms with Crippen molar-refractivity contribution in [1.29, 1.82) is 0 Å². The van der Waals surface area contributed by atoms with E-state index in [-0.39, 0.29) is 24.8 Å². The summed E-state index contributed by atoms with van der Waals surface area (Å²) in [5.74, 6) is 2.02. The van der Waals surface area contributed by atoms with Crippen LogP contribution in [0.4, 0.5) is 0 Å². The Hall–Kier alpha value is -2.23. The number of hydrogen-bond donors (Lipinski definition) is 4. The van der Waals surface area contributed by atoms with Gasteiger partial charge in [-0.25, -0.2) is 0 Å². The lowest BCUT2D eigenvalue weighted by molar-refractivity contribution is 0.126. The molecule has 0 saturated carbocycles. The molecule has 0 saturated heterocycles. The Balaban J connectivity index is 0.00000684. The Morgan fingerprint density at radius 2 is 1.46 bits per heavy atom. The Morgan fingerprint density at radius 3 is 2.08 bits per heavy atom. The van der Waals surface area contributed by atoms with Crippen molar-refractivity contribution in [3.05, 3.63) is 47.0 Å². The highest BCUT2D eigenvalue weighted by atomic mass is 35.5. The number of aromatic hydroxyl groups is 1. The molecule has 37 heavy (non-hydrogen) atoms. The number of hydrogen-bond acceptors (Lipinski definition) is 8. The van der Waals surface area contributed by atoms with Crippen molar-refractivity contribution in [3.63, 3.8) is 0 Å². The molecular weight excluding hydrogens is 498 g/mol. The van der Waals surface area contributed by atoms with Crippen LogP contribution in [-0.4, -0.2) is 63.0 Å². The average molecular weight is 542 g/mol. The lowest BCUT2D eigenvalue weighted by Crippen LogP contribution is -2.22. The molecule has 4 N–H and O–H groups in total. The first kappa shape index (κ1) is 32.8. The molecule has 1 unspecified atom stereocenters. The Morgan fingerprint density at radius 1 is 0.811 bits per heavy atom. The van der Waals surface area contributed by atoms with Gasteiger partial charge in [-0.15, -0.1) is 12.4 Å². The van der Waals surface area contributed by atoms with E-state index in [1.807, 2.05) is 12.1 Å². The third-order valence-electron chi connectivity index (χ3n) is 6.09. The van der Waals surface area contributed by atoms with E-state index in [9.17, 15) is 15.3 Å². The number of unbranched alkanes of at least 4 members (excludes halogenated alkanes) is 4. The van der Waals surface area contributed by atoms with Gasteiger partial charge in [0, 0.05) is 25.3 Å². The van der Waals surface area contributed by atoms with Crippen LogP contribution in [0.3, 0.4) is 0 Å². The van der Waals surface area contributed by atoms with Crippen molar-refractivity contribution in [2.45, 2.75) is 57.7 Å². The molecule has 0 aromatic heterocycles. The SMILES string of the molecule is COc1cc(CCCCOCCCCCCNCC(O)c2cc(CO)ccc2O)cc(OC)c1OC.Cl. The lowest BCUT2D eigenvalue weighted by Gasteiger charge is -2.14. The van der Waals surface area contributed by atoms with Gasteiger partial charge in [0.2, 0.25) is 5.75 Å². The number of aliphatic hydroxyl groups is 2. The van der Waals surface area contributed by atoms with E-state index in [1.54, 1.807) is 33.5 Å². The lowest BCUT2D eigenvalue weighted by atomic mass is 10.0. The van der Waals surface area contributed by atoms with Crippen molar-refractivity contribution < 1.29 is 34.3 Å². The molecule has 2 aromatic rings. The maximum atomic E-state index is 10.3. The van der Waals surface area contributed by atoms with Gasteiger partial charge in [-0.2, -0.15) is 0 Å². The highest BCUT2D eigenvalue weighted by Gasteiger charge is 2.13. The van der Waals surface area contributed by atoms with Gasteiger partial charge in [0.05, 0.1) is 34.0 Å². The number of nitrogens with one attached hydrogen (secondary N) is 1. The van der Waals surface area contributed by atoms with Crippen LogP contribution in [0.2, 0.25) is 0 Å². The Bertz CT molecular complexity index is 872. The largest absolute Gasteiger partial charge is 0.508 e. The van der Waals surface area contributed by atoms with Gasteiger partial charge in [-0.3, -0.25) is 0 Å². The number of phenolic OH excluding ortho intramolecular Hbond substituents is 1. The minimum atomic E-state index is -0.807. The predicted molar refractivity (Wildman–Crippen MR) is 147 cm³/mol. The fourth-order valence-corrected chi connectivity index (χ4v) is 4.04. The standard InChI is InChI=1S/C28H43NO7.ClH/c1-33-26-17-21(18-27(34-2)28(26)35-3)10-6-9-15-36-14-8-5-4-7-13-29-19-25(32)23-16-22(20-30)11-12-24(23)31;/h11-12,16-18,25,29-32H,4-10,13-15,19-20H2,1-3H3;1H. The molecule has 0 radical (unpaired) electrons. The molecule has 0 bridgehead atoms. The van der Waals surface area contributed by atoms with Gasteiger partial charge >= 0.3 is 0 Å². The van der Waals surface area contributed by atoms with Crippen LogP contribution in [0.15, 0.2) is 30.3 Å². The van der Waals surface area contributed by atoms with Gasteiger partial charge in [0.1, 0.15) is 5.75 Å². The van der Waals surface area contributed by atoms with Crippen molar-refractivity contribution in [3.8, 4) is 23.0 Å². The Labute approximate surface area is 227 Å². The predicted octanol–water partition coefficient (Wildman–Crippen LogP) is 4.56. The van der Waals surface area contributed by atoms with Crippen LogP contribution in [0.25, 0.3) is 0 Å². The molecule has 0 aliphatic carbocycles. The van der Waals surface area contributed by atoms with Crippen LogP contribution < -0.4 is 19.5 Å². The summed E-state index contributed by atoms with van der Waals surface area (Å²) in [7, 11) is 4.86. The minimum Gasteiger partial charge on any atom is -0.508 e. The van der Waals surface area contributed by atoms with Crippen molar-refractivity contribution in [1.82, 2.24) is 5.32 Å². The number of rotatable bonds is 19. The highest BCUT2D eigenvalue weighted by molar-refractivity contribution is 5.85. The molecule has 9 heteroatoms. The number of halogens is 1. The van der Waals surface area contributed by atoms with Crippen LogP contribution >= 0.6 is 12.4 Å². The molecule has 0 amide bonds. The first-order valence-electron chi connectivity index (χ1n) is 12.7. The van der Waals surface area contributed by atoms with Gasteiger partial charge in [-0.05, 0) is 74.0 Å². The van der Waals surface area contributed by atoms with E-state index in [0.717, 1.165) is 70.3 Å². The number of phenols is 1. The molecule has 0 fully saturated rings. The van der Waals surface area contributed by atoms with E-state index in [0.29, 0.717) is 34.9 Å². The number of aryl methyl sites for hydroxylation is 1. The first-order chi connectivity index (χ1) is 17.5. The van der Waals surface area contributed by atoms with Crippen molar-refractivity contribution in [2.24, 2.45) is 0 Å². The van der Waals surface area contributed by atoms with E-state index in [4.69, 9.17) is 18.9 Å². The van der Waals surface area contributed by atoms with Crippen molar-refractivity contribution >= 4 is 12.4 Å². The first-order valence-corrected chi connectivity index (χ1v) is 12.7. The van der Waals surface area contributed by atoms with E-state index >= 15 is 0 Å². The second-order valence-electron chi connectivity index (χ2n) is 8.79. The fourth-order valence-electron chi connectivity index (χ4n) is 4.04. The summed E-state index contributed by atoms with van der Waals surface area (Å²) in [5.41, 5.74) is 2.26. The molecule has 0 aliphatic heterocycles. The van der Waals surface area contributed by atoms with Crippen LogP contribution in [0.5, 0.6) is 23.0 Å². The molecule has 0 aliphatic rings. The number of methoxy groups -OCH3 is 3. The normalized spacial score (nSPS) is 11.6. The number of ether oxygens (including phenoxy) is 4. The summed E-state index contributed by atoms with van der Waals surface area (Å²) in [5, 5.41) is 32.6. The van der Waals surface area contributed by atoms with Gasteiger partial charge < -0.3 is 39.6 Å². The van der Waals surface area contributed by atoms with E-state index in [2.05, 4.69) is 5.32 Å². The summed E-state index contributed by atoms with van der Waals surface area (Å²) in [6, 6.07) is 8.77. The molecular formula is C28H44ClNO7. The second-order valence-corrected chi connectivity index (χ2v) is 8.79. The molecule has 2 rings (SSSR count). The van der Waals surface area contributed by atoms with Crippen LogP contribution in [0.1, 0.15) is 61.3 Å². The molecule has 0 spiro atoms. The van der Waals surface area contributed by atoms with Gasteiger partial charge in [0.25, 0.3) is 0 Å². The average Bonchev–Trinajstić information content (AvgIpc) is 2.90. The number of benzene rings is 2. The summed E-state index contributed by atoms with van der Waals surface area (Å²) < 4.78 is 22.0. The zero-order valence-corrected chi connectivity index (χ0v) is 23.1. The monoisotopic (exact) mass is 541 g/mol. The van der Waals surface area contributed by atoms with Gasteiger partial charge in [0.15, 0.2) is 11.5 Å². The third-order valence-corrected chi connectivity index (χ3v) is 6.09. The van der Waals surface area contributed by atoms with E-state index < -0.39 is 6.10 Å². The number of aliphatic hydroxyl groups excluding tert-OH is 2. The quantitative estimate of drug-likeness (QED) is 0.192. The maximum absolute atomic E-state index is 10.3. The summed E-state index contributed by atoms with van der Waals surface area (Å²) in [4.78, 5) is 0. The summed E-state index contributed by atoms with van der Waals surface area (Å²) in [6.45, 7) is 2.58. The smallest absolute Gasteiger partial charge is 0.203 e. The molecule has 210 valence electrons. The third kappa shape index (κ3) is 11.4. The molecule has 2 aromatic carbocycles. The molecule has 1 atom stereocenters. The van der Waals surface area contributed by atoms with Crippen LogP contribution in [-0.2, 0) is 17.8 Å². The van der Waals surface area contributed by atoms with Crippen LogP contribution in [0, 0.1) is 0 Å². The summed E-state index contributed by atoms with van der Waals surface area (Å²) >= 11 is 0. The van der Waals surface area contributed by atoms with E-state index in [1.165, 1.54) is 6.07 Å². The van der Waals surface area contributed by atoms with Crippen molar-refractivity contribution in [2.75, 3.05) is 47.6 Å². The highest BCUT2D eigenvalue weighted by Crippen LogP contribution is 2.38. The maximum Gasteiger partial charge on any atom is 0.203 e. The zero-order chi connectivity index (χ0) is 26.2. The topological polar surface area (TPSA) is 110 Å². The summed E-state index contributed by atoms with van der Waals surface area (Å²) in [6.07, 6.45) is 6.40. The molecule has 8 nitrogen and oxygen atoms in total. The Kier molecular flexibility index (Phi) is 16.8. The fraction of sp³-hybridized carbons (Fsp3) is 0.571.